The lowest BCUT2D eigenvalue weighted by molar-refractivity contribution is 0.0222. The van der Waals surface area contributed by atoms with Crippen molar-refractivity contribution in [2.24, 2.45) is 5.11 Å². The van der Waals surface area contributed by atoms with Crippen LogP contribution in [0.15, 0.2) is 23.3 Å². The number of rotatable bonds is 4. The number of aliphatic hydroxyl groups is 2. The lowest BCUT2D eigenvalue weighted by Gasteiger charge is -2.17. The Labute approximate surface area is 91.8 Å². The van der Waals surface area contributed by atoms with Gasteiger partial charge in [-0.05, 0) is 18.5 Å². The summed E-state index contributed by atoms with van der Waals surface area (Å²) in [7, 11) is 0. The van der Waals surface area contributed by atoms with E-state index in [1.807, 2.05) is 0 Å². The van der Waals surface area contributed by atoms with Gasteiger partial charge in [0, 0.05) is 10.5 Å². The summed E-state index contributed by atoms with van der Waals surface area (Å²) in [5, 5.41) is 22.2. The van der Waals surface area contributed by atoms with Gasteiger partial charge in [0.1, 0.15) is 11.9 Å². The standard InChI is InChI=1S/C10H12FN3O2/c1-6-2-3-8(11)7(4-6)10(16)9(15)5-13-14-12/h2-4,9-10,15-16H,5H2,1H3. The van der Waals surface area contributed by atoms with E-state index in [-0.39, 0.29) is 12.1 Å². The van der Waals surface area contributed by atoms with E-state index >= 15 is 0 Å². The Morgan fingerprint density at radius 2 is 2.19 bits per heavy atom. The normalized spacial score (nSPS) is 14.0. The molecule has 0 spiro atoms. The molecule has 1 aromatic carbocycles. The van der Waals surface area contributed by atoms with Crippen LogP contribution in [0, 0.1) is 12.7 Å². The first kappa shape index (κ1) is 12.4. The maximum atomic E-state index is 13.3. The average molecular weight is 225 g/mol. The van der Waals surface area contributed by atoms with Crippen LogP contribution in [-0.2, 0) is 0 Å². The second kappa shape index (κ2) is 5.46. The zero-order chi connectivity index (χ0) is 12.1. The number of aliphatic hydroxyl groups excluding tert-OH is 2. The molecule has 0 aliphatic heterocycles. The van der Waals surface area contributed by atoms with Crippen LogP contribution >= 0.6 is 0 Å². The third-order valence-corrected chi connectivity index (χ3v) is 2.17. The fraction of sp³-hybridized carbons (Fsp3) is 0.400. The maximum absolute atomic E-state index is 13.3. The molecule has 0 aliphatic carbocycles. The molecular formula is C10H12FN3O2. The largest absolute Gasteiger partial charge is 0.390 e. The molecule has 0 fully saturated rings. The zero-order valence-corrected chi connectivity index (χ0v) is 8.71. The number of hydrogen-bond donors (Lipinski definition) is 2. The molecule has 0 saturated heterocycles. The Morgan fingerprint density at radius 1 is 1.50 bits per heavy atom. The number of nitrogens with zero attached hydrogens (tertiary/aromatic N) is 3. The molecule has 0 aromatic heterocycles. The van der Waals surface area contributed by atoms with Crippen LogP contribution in [0.25, 0.3) is 10.4 Å². The van der Waals surface area contributed by atoms with Gasteiger partial charge in [-0.1, -0.05) is 22.8 Å². The van der Waals surface area contributed by atoms with Crippen molar-refractivity contribution in [2.45, 2.75) is 19.1 Å². The van der Waals surface area contributed by atoms with Crippen molar-refractivity contribution in [1.82, 2.24) is 0 Å². The van der Waals surface area contributed by atoms with E-state index in [1.54, 1.807) is 13.0 Å². The van der Waals surface area contributed by atoms with Crippen molar-refractivity contribution in [1.29, 1.82) is 0 Å². The van der Waals surface area contributed by atoms with Gasteiger partial charge >= 0.3 is 0 Å². The molecule has 0 amide bonds. The summed E-state index contributed by atoms with van der Waals surface area (Å²) in [6.45, 7) is 1.44. The van der Waals surface area contributed by atoms with Crippen LogP contribution in [0.1, 0.15) is 17.2 Å². The molecule has 0 aliphatic rings. The van der Waals surface area contributed by atoms with Gasteiger partial charge in [0.05, 0.1) is 12.6 Å². The molecule has 5 nitrogen and oxygen atoms in total. The third kappa shape index (κ3) is 2.93. The molecule has 1 rings (SSSR count). The van der Waals surface area contributed by atoms with E-state index in [2.05, 4.69) is 10.0 Å². The Morgan fingerprint density at radius 3 is 2.81 bits per heavy atom. The highest BCUT2D eigenvalue weighted by Gasteiger charge is 2.20. The highest BCUT2D eigenvalue weighted by atomic mass is 19.1. The van der Waals surface area contributed by atoms with E-state index in [4.69, 9.17) is 5.53 Å². The zero-order valence-electron chi connectivity index (χ0n) is 8.71. The second-order valence-corrected chi connectivity index (χ2v) is 3.45. The smallest absolute Gasteiger partial charge is 0.129 e. The lowest BCUT2D eigenvalue weighted by atomic mass is 10.0. The second-order valence-electron chi connectivity index (χ2n) is 3.45. The molecule has 0 radical (unpaired) electrons. The summed E-state index contributed by atoms with van der Waals surface area (Å²) in [5.74, 6) is -0.599. The predicted molar refractivity (Wildman–Crippen MR) is 56.1 cm³/mol. The van der Waals surface area contributed by atoms with Crippen molar-refractivity contribution >= 4 is 0 Å². The van der Waals surface area contributed by atoms with Gasteiger partial charge in [0.25, 0.3) is 0 Å². The van der Waals surface area contributed by atoms with Crippen LogP contribution < -0.4 is 0 Å². The Hall–Kier alpha value is -1.62. The van der Waals surface area contributed by atoms with E-state index in [0.717, 1.165) is 5.56 Å². The molecule has 16 heavy (non-hydrogen) atoms. The summed E-state index contributed by atoms with van der Waals surface area (Å²) >= 11 is 0. The maximum Gasteiger partial charge on any atom is 0.129 e. The Bertz CT molecular complexity index is 419. The summed E-state index contributed by atoms with van der Waals surface area (Å²) in [6, 6.07) is 4.22. The molecule has 86 valence electrons. The van der Waals surface area contributed by atoms with Gasteiger partial charge in [0.2, 0.25) is 0 Å². The summed E-state index contributed by atoms with van der Waals surface area (Å²) in [4.78, 5) is 2.45. The first-order chi connectivity index (χ1) is 7.56. The number of aryl methyl sites for hydroxylation is 1. The molecule has 0 saturated carbocycles. The highest BCUT2D eigenvalue weighted by molar-refractivity contribution is 5.26. The highest BCUT2D eigenvalue weighted by Crippen LogP contribution is 2.21. The first-order valence-corrected chi connectivity index (χ1v) is 4.69. The quantitative estimate of drug-likeness (QED) is 0.465. The third-order valence-electron chi connectivity index (χ3n) is 2.17. The monoisotopic (exact) mass is 225 g/mol. The number of azide groups is 1. The lowest BCUT2D eigenvalue weighted by Crippen LogP contribution is -2.22. The molecule has 2 unspecified atom stereocenters. The van der Waals surface area contributed by atoms with Gasteiger partial charge in [-0.25, -0.2) is 4.39 Å². The number of benzene rings is 1. The number of halogens is 1. The molecular weight excluding hydrogens is 213 g/mol. The van der Waals surface area contributed by atoms with Gasteiger partial charge in [-0.2, -0.15) is 0 Å². The van der Waals surface area contributed by atoms with Crippen molar-refractivity contribution < 1.29 is 14.6 Å². The molecule has 0 bridgehead atoms. The summed E-state index contributed by atoms with van der Waals surface area (Å²) < 4.78 is 13.3. The van der Waals surface area contributed by atoms with Gasteiger partial charge in [-0.15, -0.1) is 0 Å². The van der Waals surface area contributed by atoms with E-state index in [0.29, 0.717) is 0 Å². The van der Waals surface area contributed by atoms with E-state index in [1.165, 1.54) is 12.1 Å². The minimum absolute atomic E-state index is 0.000592. The van der Waals surface area contributed by atoms with Crippen LogP contribution in [0.2, 0.25) is 0 Å². The van der Waals surface area contributed by atoms with Crippen LogP contribution in [-0.4, -0.2) is 22.9 Å². The molecule has 2 atom stereocenters. The summed E-state index contributed by atoms with van der Waals surface area (Å²) in [6.07, 6.45) is -2.71. The van der Waals surface area contributed by atoms with Crippen LogP contribution in [0.5, 0.6) is 0 Å². The fourth-order valence-corrected chi connectivity index (χ4v) is 1.32. The Balaban J connectivity index is 2.90. The van der Waals surface area contributed by atoms with Crippen molar-refractivity contribution in [3.8, 4) is 0 Å². The van der Waals surface area contributed by atoms with Gasteiger partial charge in [0.15, 0.2) is 0 Å². The van der Waals surface area contributed by atoms with Gasteiger partial charge < -0.3 is 10.2 Å². The van der Waals surface area contributed by atoms with E-state index in [9.17, 15) is 14.6 Å². The van der Waals surface area contributed by atoms with Crippen molar-refractivity contribution in [3.63, 3.8) is 0 Å². The first-order valence-electron chi connectivity index (χ1n) is 4.69. The number of hydrogen-bond acceptors (Lipinski definition) is 3. The van der Waals surface area contributed by atoms with Crippen molar-refractivity contribution in [2.75, 3.05) is 6.54 Å². The molecule has 0 heterocycles. The molecule has 6 heteroatoms. The SMILES string of the molecule is Cc1ccc(F)c(C(O)C(O)CN=[N+]=[N-])c1. The Kier molecular flexibility index (Phi) is 4.25. The fourth-order valence-electron chi connectivity index (χ4n) is 1.32. The average Bonchev–Trinajstić information content (AvgIpc) is 2.28. The van der Waals surface area contributed by atoms with Crippen LogP contribution in [0.3, 0.4) is 0 Å². The summed E-state index contributed by atoms with van der Waals surface area (Å²) in [5.41, 5.74) is 8.83. The topological polar surface area (TPSA) is 89.2 Å². The minimum atomic E-state index is -1.40. The van der Waals surface area contributed by atoms with Crippen molar-refractivity contribution in [3.05, 3.63) is 45.6 Å². The molecule has 1 aromatic rings. The van der Waals surface area contributed by atoms with Crippen LogP contribution in [0.4, 0.5) is 4.39 Å². The van der Waals surface area contributed by atoms with Gasteiger partial charge in [-0.3, -0.25) is 0 Å². The minimum Gasteiger partial charge on any atom is -0.390 e. The molecule has 2 N–H and O–H groups in total. The predicted octanol–water partition coefficient (Wildman–Crippen LogP) is 1.84. The van der Waals surface area contributed by atoms with E-state index < -0.39 is 18.0 Å².